The average molecular weight is 186 g/mol. The van der Waals surface area contributed by atoms with E-state index in [9.17, 15) is 4.79 Å². The minimum absolute atomic E-state index is 0.239. The first kappa shape index (κ1) is 11.0. The van der Waals surface area contributed by atoms with Gasteiger partial charge in [-0.1, -0.05) is 49.5 Å². The fourth-order valence-electron chi connectivity index (χ4n) is 1.38. The molecule has 1 nitrogen and oxygen atoms in total. The summed E-state index contributed by atoms with van der Waals surface area (Å²) in [6.45, 7) is 0. The van der Waals surface area contributed by atoms with E-state index in [-0.39, 0.29) is 5.78 Å². The van der Waals surface area contributed by atoms with Crippen LogP contribution in [0.1, 0.15) is 36.0 Å². The van der Waals surface area contributed by atoms with Gasteiger partial charge in [0.25, 0.3) is 0 Å². The van der Waals surface area contributed by atoms with E-state index in [0.717, 1.165) is 31.1 Å². The second-order valence-electron chi connectivity index (χ2n) is 3.39. The fourth-order valence-corrected chi connectivity index (χ4v) is 1.38. The van der Waals surface area contributed by atoms with Gasteiger partial charge in [0.05, 0.1) is 7.85 Å². The van der Waals surface area contributed by atoms with Gasteiger partial charge in [0, 0.05) is 12.0 Å². The average Bonchev–Trinajstić information content (AvgIpc) is 2.25. The van der Waals surface area contributed by atoms with E-state index in [1.807, 2.05) is 30.3 Å². The molecule has 0 N–H and O–H groups in total. The predicted molar refractivity (Wildman–Crippen MR) is 59.8 cm³/mol. The summed E-state index contributed by atoms with van der Waals surface area (Å²) in [6, 6.07) is 9.45. The maximum atomic E-state index is 11.6. The van der Waals surface area contributed by atoms with Crippen LogP contribution in [0.15, 0.2) is 30.3 Å². The molecular weight excluding hydrogens is 171 g/mol. The lowest BCUT2D eigenvalue weighted by molar-refractivity contribution is 0.0979. The van der Waals surface area contributed by atoms with Gasteiger partial charge in [-0.3, -0.25) is 4.79 Å². The number of unbranched alkanes of at least 4 members (excludes halogenated alkanes) is 2. The van der Waals surface area contributed by atoms with Gasteiger partial charge in [-0.25, -0.2) is 0 Å². The minimum atomic E-state index is 0.239. The number of carbonyl (C=O) groups excluding carboxylic acids is 1. The molecule has 0 spiro atoms. The first-order chi connectivity index (χ1) is 6.84. The van der Waals surface area contributed by atoms with Crippen molar-refractivity contribution in [2.75, 3.05) is 0 Å². The molecule has 0 fully saturated rings. The van der Waals surface area contributed by atoms with Gasteiger partial charge in [0.1, 0.15) is 0 Å². The van der Waals surface area contributed by atoms with Crippen molar-refractivity contribution in [2.24, 2.45) is 0 Å². The fraction of sp³-hybridized carbons (Fsp3) is 0.417. The van der Waals surface area contributed by atoms with E-state index >= 15 is 0 Å². The first-order valence-electron chi connectivity index (χ1n) is 5.13. The van der Waals surface area contributed by atoms with Crippen molar-refractivity contribution in [3.05, 3.63) is 35.9 Å². The summed E-state index contributed by atoms with van der Waals surface area (Å²) in [7, 11) is 5.37. The van der Waals surface area contributed by atoms with Crippen LogP contribution in [0.4, 0.5) is 0 Å². The third-order valence-electron chi connectivity index (χ3n) is 2.20. The van der Waals surface area contributed by atoms with Crippen molar-refractivity contribution >= 4 is 13.6 Å². The van der Waals surface area contributed by atoms with Crippen molar-refractivity contribution in [2.45, 2.75) is 32.0 Å². The third-order valence-corrected chi connectivity index (χ3v) is 2.20. The van der Waals surface area contributed by atoms with Crippen molar-refractivity contribution in [3.63, 3.8) is 0 Å². The summed E-state index contributed by atoms with van der Waals surface area (Å²) in [4.78, 5) is 11.6. The molecule has 0 atom stereocenters. The Labute approximate surface area is 86.9 Å². The third kappa shape index (κ3) is 3.78. The van der Waals surface area contributed by atoms with Crippen LogP contribution in [0, 0.1) is 0 Å². The van der Waals surface area contributed by atoms with Crippen LogP contribution in [0.2, 0.25) is 6.32 Å². The van der Waals surface area contributed by atoms with Crippen LogP contribution in [0.3, 0.4) is 0 Å². The zero-order chi connectivity index (χ0) is 10.2. The molecule has 0 unspecified atom stereocenters. The van der Waals surface area contributed by atoms with Crippen molar-refractivity contribution < 1.29 is 4.79 Å². The van der Waals surface area contributed by atoms with Crippen molar-refractivity contribution in [1.82, 2.24) is 0 Å². The smallest absolute Gasteiger partial charge is 0.162 e. The Kier molecular flexibility index (Phi) is 5.06. The second-order valence-corrected chi connectivity index (χ2v) is 3.39. The molecule has 0 aromatic heterocycles. The normalized spacial score (nSPS) is 10.0. The summed E-state index contributed by atoms with van der Waals surface area (Å²) in [5.41, 5.74) is 0.820. The Morgan fingerprint density at radius 3 is 2.43 bits per heavy atom. The first-order valence-corrected chi connectivity index (χ1v) is 5.13. The number of rotatable bonds is 6. The lowest BCUT2D eigenvalue weighted by Gasteiger charge is -2.00. The highest BCUT2D eigenvalue weighted by Crippen LogP contribution is 2.08. The molecule has 0 bridgehead atoms. The highest BCUT2D eigenvalue weighted by Gasteiger charge is 2.03. The maximum absolute atomic E-state index is 11.6. The lowest BCUT2D eigenvalue weighted by atomic mass is 9.97. The standard InChI is InChI=1S/C12H15BO/c13-10-6-2-5-9-12(14)11-7-3-1-4-8-11/h1,3-4,7-8H,2,5-6,9-10H2. The molecule has 0 aliphatic rings. The van der Waals surface area contributed by atoms with Gasteiger partial charge in [-0.2, -0.15) is 0 Å². The zero-order valence-electron chi connectivity index (χ0n) is 8.41. The van der Waals surface area contributed by atoms with Crippen LogP contribution in [0.5, 0.6) is 0 Å². The van der Waals surface area contributed by atoms with Crippen molar-refractivity contribution in [1.29, 1.82) is 0 Å². The lowest BCUT2D eigenvalue weighted by Crippen LogP contribution is -1.98. The number of ketones is 1. The van der Waals surface area contributed by atoms with Gasteiger partial charge in [0.2, 0.25) is 0 Å². The van der Waals surface area contributed by atoms with E-state index in [2.05, 4.69) is 0 Å². The largest absolute Gasteiger partial charge is 0.294 e. The van der Waals surface area contributed by atoms with Gasteiger partial charge < -0.3 is 0 Å². The molecule has 0 heterocycles. The van der Waals surface area contributed by atoms with Gasteiger partial charge >= 0.3 is 0 Å². The molecule has 0 aliphatic heterocycles. The van der Waals surface area contributed by atoms with Crippen LogP contribution in [0.25, 0.3) is 0 Å². The van der Waals surface area contributed by atoms with E-state index in [4.69, 9.17) is 7.85 Å². The topological polar surface area (TPSA) is 17.1 Å². The number of hydrogen-bond donors (Lipinski definition) is 0. The Bertz CT molecular complexity index is 269. The molecule has 2 heteroatoms. The van der Waals surface area contributed by atoms with Crippen molar-refractivity contribution in [3.8, 4) is 0 Å². The predicted octanol–water partition coefficient (Wildman–Crippen LogP) is 3.02. The summed E-state index contributed by atoms with van der Waals surface area (Å²) < 4.78 is 0. The quantitative estimate of drug-likeness (QED) is 0.379. The highest BCUT2D eigenvalue weighted by atomic mass is 16.1. The molecule has 14 heavy (non-hydrogen) atoms. The minimum Gasteiger partial charge on any atom is -0.294 e. The van der Waals surface area contributed by atoms with E-state index in [1.54, 1.807) is 0 Å². The Balaban J connectivity index is 2.29. The molecule has 1 aromatic rings. The number of carbonyl (C=O) groups is 1. The van der Waals surface area contributed by atoms with Crippen LogP contribution in [-0.4, -0.2) is 13.6 Å². The molecule has 0 aliphatic carbocycles. The summed E-state index contributed by atoms with van der Waals surface area (Å²) in [5.74, 6) is 0.239. The van der Waals surface area contributed by atoms with E-state index in [0.29, 0.717) is 6.42 Å². The van der Waals surface area contributed by atoms with Gasteiger partial charge in [-0.15, -0.1) is 0 Å². The zero-order valence-corrected chi connectivity index (χ0v) is 8.41. The molecular formula is C12H15BO. The van der Waals surface area contributed by atoms with Crippen LogP contribution in [-0.2, 0) is 0 Å². The Morgan fingerprint density at radius 2 is 1.79 bits per heavy atom. The highest BCUT2D eigenvalue weighted by molar-refractivity contribution is 6.08. The molecule has 2 radical (unpaired) electrons. The maximum Gasteiger partial charge on any atom is 0.162 e. The monoisotopic (exact) mass is 186 g/mol. The molecule has 0 amide bonds. The second kappa shape index (κ2) is 6.42. The number of benzene rings is 1. The summed E-state index contributed by atoms with van der Waals surface area (Å²) in [6.07, 6.45) is 4.38. The molecule has 1 aromatic carbocycles. The van der Waals surface area contributed by atoms with E-state index < -0.39 is 0 Å². The SMILES string of the molecule is [B]CCCCCC(=O)c1ccccc1. The Morgan fingerprint density at radius 1 is 1.07 bits per heavy atom. The van der Waals surface area contributed by atoms with Gasteiger partial charge in [0.15, 0.2) is 5.78 Å². The summed E-state index contributed by atoms with van der Waals surface area (Å²) in [5, 5.41) is 0. The molecule has 72 valence electrons. The Hall–Kier alpha value is -1.05. The number of hydrogen-bond acceptors (Lipinski definition) is 1. The van der Waals surface area contributed by atoms with Crippen LogP contribution < -0.4 is 0 Å². The molecule has 0 saturated heterocycles. The van der Waals surface area contributed by atoms with E-state index in [1.165, 1.54) is 0 Å². The molecule has 1 rings (SSSR count). The molecule has 0 saturated carbocycles. The van der Waals surface area contributed by atoms with Gasteiger partial charge in [-0.05, 0) is 6.42 Å². The number of Topliss-reactive ketones (excluding diaryl/α,β-unsaturated/α-hetero) is 1. The summed E-state index contributed by atoms with van der Waals surface area (Å²) >= 11 is 0. The van der Waals surface area contributed by atoms with Crippen LogP contribution >= 0.6 is 0 Å².